The summed E-state index contributed by atoms with van der Waals surface area (Å²) in [4.78, 5) is 10.3. The Morgan fingerprint density at radius 1 is 1.25 bits per heavy atom. The summed E-state index contributed by atoms with van der Waals surface area (Å²) in [6.07, 6.45) is 2.39. The smallest absolute Gasteiger partial charge is 0.128 e. The highest BCUT2D eigenvalue weighted by Crippen LogP contribution is 2.28. The lowest BCUT2D eigenvalue weighted by atomic mass is 10.1. The highest BCUT2D eigenvalue weighted by Gasteiger charge is 2.12. The van der Waals surface area contributed by atoms with Crippen LogP contribution in [0.5, 0.6) is 0 Å². The molecule has 0 aliphatic carbocycles. The summed E-state index contributed by atoms with van der Waals surface area (Å²) >= 11 is 7.73. The fourth-order valence-electron chi connectivity index (χ4n) is 2.11. The zero-order valence-electron chi connectivity index (χ0n) is 11.3. The van der Waals surface area contributed by atoms with E-state index < -0.39 is 0 Å². The van der Waals surface area contributed by atoms with Gasteiger partial charge in [0.15, 0.2) is 0 Å². The van der Waals surface area contributed by atoms with Crippen molar-refractivity contribution in [3.63, 3.8) is 0 Å². The Balaban J connectivity index is 1.92. The molecule has 0 saturated carbocycles. The number of thiazole rings is 1. The number of hydrogen-bond acceptors (Lipinski definition) is 3. The van der Waals surface area contributed by atoms with Gasteiger partial charge in [0.2, 0.25) is 0 Å². The monoisotopic (exact) mass is 303 g/mol. The van der Waals surface area contributed by atoms with Gasteiger partial charge in [0, 0.05) is 17.5 Å². The molecule has 3 aromatic rings. The first-order valence-electron chi connectivity index (χ1n) is 6.33. The minimum Gasteiger partial charge on any atom is -0.322 e. The van der Waals surface area contributed by atoms with E-state index in [-0.39, 0.29) is 0 Å². The van der Waals surface area contributed by atoms with Gasteiger partial charge in [-0.15, -0.1) is 11.3 Å². The first-order valence-corrected chi connectivity index (χ1v) is 7.52. The van der Waals surface area contributed by atoms with Crippen LogP contribution in [-0.4, -0.2) is 14.5 Å². The Morgan fingerprint density at radius 3 is 2.65 bits per heavy atom. The Kier molecular flexibility index (Phi) is 3.59. The molecule has 102 valence electrons. The average molecular weight is 304 g/mol. The maximum Gasteiger partial charge on any atom is 0.128 e. The van der Waals surface area contributed by atoms with Crippen LogP contribution in [0.4, 0.5) is 0 Å². The predicted molar refractivity (Wildman–Crippen MR) is 83.3 cm³/mol. The van der Waals surface area contributed by atoms with E-state index in [1.54, 1.807) is 17.5 Å². The topological polar surface area (TPSA) is 30.7 Å². The van der Waals surface area contributed by atoms with Gasteiger partial charge in [-0.25, -0.2) is 9.97 Å². The molecule has 0 spiro atoms. The van der Waals surface area contributed by atoms with E-state index in [4.69, 9.17) is 16.6 Å². The molecule has 0 radical (unpaired) electrons. The second-order valence-corrected chi connectivity index (χ2v) is 6.29. The number of benzene rings is 1. The molecular weight excluding hydrogens is 290 g/mol. The predicted octanol–water partition coefficient (Wildman–Crippen LogP) is 4.10. The fourth-order valence-corrected chi connectivity index (χ4v) is 3.21. The summed E-state index contributed by atoms with van der Waals surface area (Å²) in [6.45, 7) is 2.11. The Morgan fingerprint density at radius 2 is 2.00 bits per heavy atom. The van der Waals surface area contributed by atoms with Crippen molar-refractivity contribution in [2.75, 3.05) is 0 Å². The Hall–Kier alpha value is -1.65. The molecule has 0 unspecified atom stereocenters. The molecule has 5 heteroatoms. The minimum absolute atomic E-state index is 0.650. The molecule has 0 aliphatic heterocycles. The number of nitrogens with zero attached hydrogens (tertiary/aromatic N) is 3. The van der Waals surface area contributed by atoms with Gasteiger partial charge in [0.1, 0.15) is 16.0 Å². The molecule has 1 aromatic carbocycles. The maximum atomic E-state index is 6.01. The van der Waals surface area contributed by atoms with Crippen molar-refractivity contribution < 1.29 is 0 Å². The third-order valence-electron chi connectivity index (χ3n) is 3.23. The second kappa shape index (κ2) is 5.38. The lowest BCUT2D eigenvalue weighted by molar-refractivity contribution is 0.820. The lowest BCUT2D eigenvalue weighted by Crippen LogP contribution is -1.99. The molecule has 0 atom stereocenters. The maximum absolute atomic E-state index is 6.01. The van der Waals surface area contributed by atoms with Gasteiger partial charge in [-0.3, -0.25) is 0 Å². The minimum atomic E-state index is 0.650. The molecule has 0 fully saturated rings. The van der Waals surface area contributed by atoms with Crippen LogP contribution in [0, 0.1) is 6.92 Å². The van der Waals surface area contributed by atoms with Crippen molar-refractivity contribution in [2.24, 2.45) is 7.05 Å². The van der Waals surface area contributed by atoms with Gasteiger partial charge in [-0.2, -0.15) is 0 Å². The number of rotatable bonds is 3. The van der Waals surface area contributed by atoms with Gasteiger partial charge >= 0.3 is 0 Å². The van der Waals surface area contributed by atoms with E-state index in [0.29, 0.717) is 11.6 Å². The molecule has 0 aliphatic rings. The van der Waals surface area contributed by atoms with Crippen molar-refractivity contribution in [1.82, 2.24) is 14.5 Å². The van der Waals surface area contributed by atoms with Gasteiger partial charge < -0.3 is 4.57 Å². The number of imidazole rings is 1. The molecule has 2 aromatic heterocycles. The van der Waals surface area contributed by atoms with Crippen LogP contribution in [0.1, 0.15) is 15.7 Å². The molecule has 0 N–H and O–H groups in total. The van der Waals surface area contributed by atoms with E-state index in [2.05, 4.69) is 24.0 Å². The van der Waals surface area contributed by atoms with Crippen molar-refractivity contribution >= 4 is 22.9 Å². The number of halogens is 1. The van der Waals surface area contributed by atoms with E-state index in [1.165, 1.54) is 4.88 Å². The summed E-state index contributed by atoms with van der Waals surface area (Å²) in [6, 6.07) is 10.3. The van der Waals surface area contributed by atoms with Crippen LogP contribution < -0.4 is 0 Å². The number of hydrogen-bond donors (Lipinski definition) is 0. The second-order valence-electron chi connectivity index (χ2n) is 4.61. The van der Waals surface area contributed by atoms with Gasteiger partial charge in [-0.05, 0) is 6.92 Å². The van der Waals surface area contributed by atoms with Crippen LogP contribution in [0.25, 0.3) is 11.3 Å². The van der Waals surface area contributed by atoms with Crippen LogP contribution in [0.15, 0.2) is 36.5 Å². The van der Waals surface area contributed by atoms with Crippen molar-refractivity contribution in [1.29, 1.82) is 0 Å². The quantitative estimate of drug-likeness (QED) is 0.729. The number of aryl methyl sites for hydroxylation is 1. The molecule has 3 nitrogen and oxygen atoms in total. The summed E-state index contributed by atoms with van der Waals surface area (Å²) in [7, 11) is 1.92. The third-order valence-corrected chi connectivity index (χ3v) is 4.55. The largest absolute Gasteiger partial charge is 0.322 e. The standard InChI is InChI=1S/C15H14ClN3S/c1-10-15(11-6-4-3-5-7-11)18-14(20-10)8-13-17-9-12(16)19(13)2/h3-7,9H,8H2,1-2H3. The van der Waals surface area contributed by atoms with Crippen molar-refractivity contribution in [3.05, 3.63) is 57.4 Å². The highest BCUT2D eigenvalue weighted by atomic mass is 35.5. The Labute approximate surface area is 126 Å². The summed E-state index contributed by atoms with van der Waals surface area (Å²) in [5.41, 5.74) is 2.22. The molecule has 0 amide bonds. The van der Waals surface area contributed by atoms with E-state index in [1.807, 2.05) is 29.8 Å². The van der Waals surface area contributed by atoms with Gasteiger partial charge in [-0.1, -0.05) is 41.9 Å². The highest BCUT2D eigenvalue weighted by molar-refractivity contribution is 7.12. The van der Waals surface area contributed by atoms with E-state index in [0.717, 1.165) is 22.1 Å². The van der Waals surface area contributed by atoms with Crippen LogP contribution in [0.2, 0.25) is 5.15 Å². The van der Waals surface area contributed by atoms with Crippen LogP contribution >= 0.6 is 22.9 Å². The first-order chi connectivity index (χ1) is 9.65. The lowest BCUT2D eigenvalue weighted by Gasteiger charge is -1.99. The molecule has 3 rings (SSSR count). The van der Waals surface area contributed by atoms with E-state index in [9.17, 15) is 0 Å². The van der Waals surface area contributed by atoms with E-state index >= 15 is 0 Å². The zero-order chi connectivity index (χ0) is 14.1. The fraction of sp³-hybridized carbons (Fsp3) is 0.200. The van der Waals surface area contributed by atoms with Crippen LogP contribution in [0.3, 0.4) is 0 Å². The van der Waals surface area contributed by atoms with Gasteiger partial charge in [0.05, 0.1) is 18.3 Å². The molecule has 2 heterocycles. The molecular formula is C15H14ClN3S. The molecule has 20 heavy (non-hydrogen) atoms. The normalized spacial score (nSPS) is 10.9. The van der Waals surface area contributed by atoms with Crippen LogP contribution in [-0.2, 0) is 13.5 Å². The molecule has 0 saturated heterocycles. The zero-order valence-corrected chi connectivity index (χ0v) is 12.9. The summed E-state index contributed by atoms with van der Waals surface area (Å²) in [5.74, 6) is 0.934. The van der Waals surface area contributed by atoms with Crippen molar-refractivity contribution in [3.8, 4) is 11.3 Å². The average Bonchev–Trinajstić information content (AvgIpc) is 2.97. The first kappa shape index (κ1) is 13.3. The summed E-state index contributed by atoms with van der Waals surface area (Å²) in [5, 5.41) is 1.71. The third kappa shape index (κ3) is 2.49. The molecule has 0 bridgehead atoms. The SMILES string of the molecule is Cc1sc(Cc2ncc(Cl)n2C)nc1-c1ccccc1. The van der Waals surface area contributed by atoms with Crippen molar-refractivity contribution in [2.45, 2.75) is 13.3 Å². The Bertz CT molecular complexity index is 731. The summed E-state index contributed by atoms with van der Waals surface area (Å²) < 4.78 is 1.89. The number of aromatic nitrogens is 3. The van der Waals surface area contributed by atoms with Gasteiger partial charge in [0.25, 0.3) is 0 Å².